The molecular weight excluding hydrogens is 441 g/mol. The summed E-state index contributed by atoms with van der Waals surface area (Å²) in [5.41, 5.74) is 1.50. The van der Waals surface area contributed by atoms with Crippen molar-refractivity contribution in [3.05, 3.63) is 103 Å². The number of methoxy groups -OCH3 is 1. The monoisotopic (exact) mass is 472 g/mol. The van der Waals surface area contributed by atoms with Gasteiger partial charge in [0.25, 0.3) is 0 Å². The predicted molar refractivity (Wildman–Crippen MR) is 130 cm³/mol. The van der Waals surface area contributed by atoms with Gasteiger partial charge in [0.15, 0.2) is 17.5 Å². The fourth-order valence-corrected chi connectivity index (χ4v) is 3.91. The average Bonchev–Trinajstić information content (AvgIpc) is 2.86. The van der Waals surface area contributed by atoms with Crippen molar-refractivity contribution in [1.82, 2.24) is 0 Å². The summed E-state index contributed by atoms with van der Waals surface area (Å²) in [6.45, 7) is 13.4. The Kier molecular flexibility index (Phi) is 10.2. The number of hydrogen-bond donors (Lipinski definition) is 1. The Morgan fingerprint density at radius 2 is 1.62 bits per heavy atom. The molecule has 0 spiro atoms. The van der Waals surface area contributed by atoms with Gasteiger partial charge in [0, 0.05) is 5.56 Å². The van der Waals surface area contributed by atoms with Crippen LogP contribution in [0, 0.1) is 11.6 Å². The lowest BCUT2D eigenvalue weighted by molar-refractivity contribution is 0.0393. The van der Waals surface area contributed by atoms with Gasteiger partial charge in [0.05, 0.1) is 19.8 Å². The Balaban J connectivity index is 0.00000199. The van der Waals surface area contributed by atoms with Gasteiger partial charge in [-0.05, 0) is 66.5 Å². The summed E-state index contributed by atoms with van der Waals surface area (Å²) in [5, 5.41) is 9.39. The minimum absolute atomic E-state index is 0.0470. The van der Waals surface area contributed by atoms with Crippen molar-refractivity contribution in [1.29, 1.82) is 0 Å². The number of benzene rings is 2. The summed E-state index contributed by atoms with van der Waals surface area (Å²) in [7, 11) is 1.34. The van der Waals surface area contributed by atoms with E-state index in [4.69, 9.17) is 9.47 Å². The van der Waals surface area contributed by atoms with Crippen LogP contribution in [-0.2, 0) is 9.47 Å². The molecule has 2 aromatic carbocycles. The maximum atomic E-state index is 14.9. The number of hydrogen-bond acceptors (Lipinski definition) is 3. The minimum atomic E-state index is -0.880. The molecule has 2 aromatic rings. The Hall–Kier alpha value is -3.25. The van der Waals surface area contributed by atoms with E-state index in [2.05, 4.69) is 26.3 Å². The molecule has 0 amide bonds. The van der Waals surface area contributed by atoms with Crippen LogP contribution in [0.5, 0.6) is 5.75 Å². The quantitative estimate of drug-likeness (QED) is 0.242. The third kappa shape index (κ3) is 6.87. The number of halogens is 3. The van der Waals surface area contributed by atoms with Crippen LogP contribution in [0.25, 0.3) is 11.1 Å². The molecule has 0 aliphatic heterocycles. The van der Waals surface area contributed by atoms with E-state index in [9.17, 15) is 18.3 Å². The molecule has 0 aromatic heterocycles. The van der Waals surface area contributed by atoms with Crippen LogP contribution in [-0.4, -0.2) is 24.9 Å². The van der Waals surface area contributed by atoms with Crippen molar-refractivity contribution in [3.8, 4) is 16.9 Å². The first kappa shape index (κ1) is 27.0. The standard InChI is InChI=1S/C26H27F3O3.C2H4/c1-16(14-24(27)17(2)31-3)15-32-21-10-6-19(7-11-21)23-13-12-22(25(28)26(23)29)18-4-8-20(30)9-5-18;1-2/h4-5,8-9,12-14,19,21,30H,1-2,6-7,10-11,15H2,3H3;1-2H2/b24-14+;. The Bertz CT molecular complexity index is 1020. The Labute approximate surface area is 199 Å². The maximum Gasteiger partial charge on any atom is 0.166 e. The number of phenols is 1. The second kappa shape index (κ2) is 12.8. The number of aromatic hydroxyl groups is 1. The fraction of sp³-hybridized carbons (Fsp3) is 0.286. The summed E-state index contributed by atoms with van der Waals surface area (Å²) in [4.78, 5) is 0. The first-order chi connectivity index (χ1) is 16.3. The van der Waals surface area contributed by atoms with Crippen LogP contribution in [0.2, 0.25) is 0 Å². The zero-order valence-corrected chi connectivity index (χ0v) is 19.5. The Morgan fingerprint density at radius 3 is 2.21 bits per heavy atom. The summed E-state index contributed by atoms with van der Waals surface area (Å²) in [5.74, 6) is -2.41. The van der Waals surface area contributed by atoms with Crippen molar-refractivity contribution in [2.75, 3.05) is 13.7 Å². The normalized spacial score (nSPS) is 17.9. The van der Waals surface area contributed by atoms with E-state index in [0.29, 0.717) is 42.4 Å². The van der Waals surface area contributed by atoms with Gasteiger partial charge in [0.2, 0.25) is 0 Å². The molecular formula is C28H31F3O3. The van der Waals surface area contributed by atoms with E-state index < -0.39 is 17.5 Å². The molecule has 0 bridgehead atoms. The van der Waals surface area contributed by atoms with Crippen LogP contribution >= 0.6 is 0 Å². The van der Waals surface area contributed by atoms with E-state index in [-0.39, 0.29) is 35.7 Å². The molecule has 0 saturated heterocycles. The second-order valence-corrected chi connectivity index (χ2v) is 7.94. The summed E-state index contributed by atoms with van der Waals surface area (Å²) in [6, 6.07) is 9.21. The molecule has 0 unspecified atom stereocenters. The third-order valence-corrected chi connectivity index (χ3v) is 5.75. The van der Waals surface area contributed by atoms with Crippen LogP contribution < -0.4 is 0 Å². The number of allylic oxidation sites excluding steroid dienone is 1. The molecule has 1 aliphatic carbocycles. The number of rotatable bonds is 8. The maximum absolute atomic E-state index is 14.9. The van der Waals surface area contributed by atoms with Gasteiger partial charge >= 0.3 is 0 Å². The van der Waals surface area contributed by atoms with Crippen molar-refractivity contribution in [3.63, 3.8) is 0 Å². The van der Waals surface area contributed by atoms with Crippen molar-refractivity contribution < 1.29 is 27.8 Å². The van der Waals surface area contributed by atoms with Crippen LogP contribution in [0.4, 0.5) is 13.2 Å². The molecule has 3 nitrogen and oxygen atoms in total. The van der Waals surface area contributed by atoms with E-state index in [1.54, 1.807) is 24.3 Å². The highest BCUT2D eigenvalue weighted by atomic mass is 19.2. The highest BCUT2D eigenvalue weighted by molar-refractivity contribution is 5.65. The number of ether oxygens (including phenoxy) is 2. The van der Waals surface area contributed by atoms with Gasteiger partial charge in [-0.1, -0.05) is 37.4 Å². The fourth-order valence-electron chi connectivity index (χ4n) is 3.91. The minimum Gasteiger partial charge on any atom is -0.508 e. The number of phenolic OH excluding ortho intramolecular Hbond substituents is 1. The zero-order valence-electron chi connectivity index (χ0n) is 19.5. The molecule has 1 saturated carbocycles. The smallest absolute Gasteiger partial charge is 0.166 e. The molecule has 0 atom stereocenters. The van der Waals surface area contributed by atoms with Gasteiger partial charge in [0.1, 0.15) is 11.5 Å². The summed E-state index contributed by atoms with van der Waals surface area (Å²) < 4.78 is 53.9. The molecule has 1 N–H and O–H groups in total. The molecule has 0 radical (unpaired) electrons. The zero-order chi connectivity index (χ0) is 25.3. The van der Waals surface area contributed by atoms with Crippen LogP contribution in [0.3, 0.4) is 0 Å². The molecule has 34 heavy (non-hydrogen) atoms. The van der Waals surface area contributed by atoms with E-state index in [0.717, 1.165) is 0 Å². The first-order valence-corrected chi connectivity index (χ1v) is 11.0. The van der Waals surface area contributed by atoms with E-state index >= 15 is 0 Å². The van der Waals surface area contributed by atoms with Crippen LogP contribution in [0.1, 0.15) is 37.2 Å². The van der Waals surface area contributed by atoms with Gasteiger partial charge in [-0.15, -0.1) is 13.2 Å². The first-order valence-electron chi connectivity index (χ1n) is 11.0. The Morgan fingerprint density at radius 1 is 1.00 bits per heavy atom. The lowest BCUT2D eigenvalue weighted by Crippen LogP contribution is -2.22. The van der Waals surface area contributed by atoms with Crippen molar-refractivity contribution >= 4 is 0 Å². The summed E-state index contributed by atoms with van der Waals surface area (Å²) >= 11 is 0. The highest BCUT2D eigenvalue weighted by Crippen LogP contribution is 2.38. The van der Waals surface area contributed by atoms with Gasteiger partial charge < -0.3 is 14.6 Å². The molecule has 0 heterocycles. The molecule has 182 valence electrons. The summed E-state index contributed by atoms with van der Waals surface area (Å²) in [6.07, 6.45) is 3.89. The van der Waals surface area contributed by atoms with Gasteiger partial charge in [-0.25, -0.2) is 13.2 Å². The lowest BCUT2D eigenvalue weighted by atomic mass is 9.82. The average molecular weight is 473 g/mol. The van der Waals surface area contributed by atoms with E-state index in [1.165, 1.54) is 25.3 Å². The van der Waals surface area contributed by atoms with Crippen molar-refractivity contribution in [2.24, 2.45) is 0 Å². The van der Waals surface area contributed by atoms with Crippen LogP contribution in [0.15, 0.2) is 85.9 Å². The molecule has 3 rings (SSSR count). The molecule has 1 aliphatic rings. The largest absolute Gasteiger partial charge is 0.508 e. The second-order valence-electron chi connectivity index (χ2n) is 7.94. The van der Waals surface area contributed by atoms with Gasteiger partial charge in [-0.3, -0.25) is 0 Å². The molecule has 6 heteroatoms. The third-order valence-electron chi connectivity index (χ3n) is 5.75. The highest BCUT2D eigenvalue weighted by Gasteiger charge is 2.27. The van der Waals surface area contributed by atoms with E-state index in [1.807, 2.05) is 0 Å². The lowest BCUT2D eigenvalue weighted by Gasteiger charge is -2.29. The molecule has 1 fully saturated rings. The predicted octanol–water partition coefficient (Wildman–Crippen LogP) is 7.75. The van der Waals surface area contributed by atoms with Gasteiger partial charge in [-0.2, -0.15) is 0 Å². The van der Waals surface area contributed by atoms with Crippen molar-refractivity contribution in [2.45, 2.75) is 37.7 Å². The SMILES string of the molecule is C=C.C=C(/C=C(/F)C(=C)OC)COC1CCC(c2ccc(-c3ccc(O)cc3)c(F)c2F)CC1. The topological polar surface area (TPSA) is 38.7 Å².